The molecule has 8 heterocycles. The van der Waals surface area contributed by atoms with Crippen molar-refractivity contribution in [3.8, 4) is 23.2 Å². The number of nitrogens with zero attached hydrogens (tertiary/aromatic N) is 9. The molecule has 0 amide bonds. The number of methoxy groups -OCH3 is 1. The van der Waals surface area contributed by atoms with E-state index in [0.717, 1.165) is 36.7 Å². The molecule has 2 bridgehead atoms. The van der Waals surface area contributed by atoms with Crippen molar-refractivity contribution in [2.24, 2.45) is 0 Å². The van der Waals surface area contributed by atoms with Crippen LogP contribution in [0.3, 0.4) is 0 Å². The Morgan fingerprint density at radius 1 is 1.10 bits per heavy atom. The lowest BCUT2D eigenvalue weighted by Gasteiger charge is -2.56. The summed E-state index contributed by atoms with van der Waals surface area (Å²) in [7, 11) is 1.63. The van der Waals surface area contributed by atoms with Gasteiger partial charge in [0, 0.05) is 62.5 Å². The molecule has 0 spiro atoms. The molecule has 4 aliphatic rings. The second kappa shape index (κ2) is 9.41. The van der Waals surface area contributed by atoms with Crippen molar-refractivity contribution in [3.05, 3.63) is 60.3 Å². The van der Waals surface area contributed by atoms with Gasteiger partial charge in [-0.15, -0.1) is 0 Å². The Kier molecular flexibility index (Phi) is 5.82. The average molecular weight is 540 g/mol. The molecule has 0 radical (unpaired) electrons. The van der Waals surface area contributed by atoms with Gasteiger partial charge in [0.2, 0.25) is 5.88 Å². The molecule has 11 heteroatoms. The maximum Gasteiger partial charge on any atom is 0.212 e. The van der Waals surface area contributed by atoms with Gasteiger partial charge in [-0.1, -0.05) is 6.07 Å². The third-order valence-electron chi connectivity index (χ3n) is 8.46. The molecule has 0 aliphatic carbocycles. The van der Waals surface area contributed by atoms with Crippen molar-refractivity contribution in [2.75, 3.05) is 43.1 Å². The number of rotatable bonds is 6. The number of alkyl halides is 1. The van der Waals surface area contributed by atoms with E-state index in [-0.39, 0.29) is 0 Å². The zero-order chi connectivity index (χ0) is 27.4. The number of hydrogen-bond acceptors (Lipinski definition) is 9. The summed E-state index contributed by atoms with van der Waals surface area (Å²) < 4.78 is 21.5. The van der Waals surface area contributed by atoms with Crippen LogP contribution in [-0.2, 0) is 6.54 Å². The third-order valence-corrected chi connectivity index (χ3v) is 8.46. The fourth-order valence-corrected chi connectivity index (χ4v) is 6.29. The number of anilines is 2. The van der Waals surface area contributed by atoms with Crippen LogP contribution in [0, 0.1) is 11.3 Å². The van der Waals surface area contributed by atoms with Gasteiger partial charge in [-0.05, 0) is 25.0 Å². The van der Waals surface area contributed by atoms with E-state index in [2.05, 4.69) is 32.0 Å². The van der Waals surface area contributed by atoms with Gasteiger partial charge >= 0.3 is 0 Å². The summed E-state index contributed by atoms with van der Waals surface area (Å²) in [5.74, 6) is 1.47. The first kappa shape index (κ1) is 24.7. The number of aromatic nitrogens is 5. The van der Waals surface area contributed by atoms with E-state index < -0.39 is 5.67 Å². The van der Waals surface area contributed by atoms with Crippen molar-refractivity contribution in [1.82, 2.24) is 29.5 Å². The van der Waals surface area contributed by atoms with Crippen molar-refractivity contribution < 1.29 is 9.13 Å². The highest BCUT2D eigenvalue weighted by atomic mass is 19.1. The number of piperidine rings is 1. The number of fused-ring (bicyclic) bond motifs is 3. The summed E-state index contributed by atoms with van der Waals surface area (Å²) in [6, 6.07) is 9.12. The number of pyridine rings is 2. The van der Waals surface area contributed by atoms with Crippen LogP contribution in [0.2, 0.25) is 0 Å². The van der Waals surface area contributed by atoms with E-state index >= 15 is 0 Å². The summed E-state index contributed by atoms with van der Waals surface area (Å²) >= 11 is 0. The molecule has 10 nitrogen and oxygen atoms in total. The first-order valence-electron chi connectivity index (χ1n) is 13.6. The molecule has 4 aromatic rings. The first-order chi connectivity index (χ1) is 19.4. The van der Waals surface area contributed by atoms with E-state index in [9.17, 15) is 9.65 Å². The topological polar surface area (TPSA) is 98.7 Å². The molecular formula is C29H30FN9O. The molecule has 0 N–H and O–H groups in total. The molecule has 8 rings (SSSR count). The van der Waals surface area contributed by atoms with Crippen molar-refractivity contribution in [2.45, 2.75) is 44.1 Å². The van der Waals surface area contributed by atoms with Crippen molar-refractivity contribution in [3.63, 3.8) is 0 Å². The predicted molar refractivity (Wildman–Crippen MR) is 148 cm³/mol. The Bertz CT molecular complexity index is 1580. The van der Waals surface area contributed by atoms with Gasteiger partial charge in [0.05, 0.1) is 60.9 Å². The Balaban J connectivity index is 1.11. The van der Waals surface area contributed by atoms with E-state index in [0.29, 0.717) is 54.2 Å². The zero-order valence-electron chi connectivity index (χ0n) is 22.5. The highest BCUT2D eigenvalue weighted by molar-refractivity contribution is 5.85. The minimum Gasteiger partial charge on any atom is -0.481 e. The van der Waals surface area contributed by atoms with Crippen LogP contribution < -0.4 is 14.5 Å². The summed E-state index contributed by atoms with van der Waals surface area (Å²) in [6.45, 7) is 5.25. The fraction of sp³-hybridized carbons (Fsp3) is 0.414. The molecule has 3 unspecified atom stereocenters. The van der Waals surface area contributed by atoms with Crippen LogP contribution in [0.1, 0.15) is 30.9 Å². The fourth-order valence-electron chi connectivity index (χ4n) is 6.29. The highest BCUT2D eigenvalue weighted by Crippen LogP contribution is 2.37. The molecule has 4 aliphatic heterocycles. The van der Waals surface area contributed by atoms with Crippen LogP contribution in [0.15, 0.2) is 49.2 Å². The lowest BCUT2D eigenvalue weighted by Crippen LogP contribution is -2.68. The van der Waals surface area contributed by atoms with E-state index in [4.69, 9.17) is 14.7 Å². The standard InChI is InChI=1S/C29H30FN9O/c1-29(30)5-6-36(18-29)21-8-24(28-20(9-31)11-35-39(28)17-21)25-12-33-26(13-32-25)37-15-22-7-23(16-37)38(22)14-19-3-4-27(40-2)34-10-19/h3-4,8,10-13,17,22-23H,5-7,14-16,18H2,1-2H3. The second-order valence-corrected chi connectivity index (χ2v) is 11.2. The van der Waals surface area contributed by atoms with Crippen LogP contribution in [0.5, 0.6) is 5.88 Å². The lowest BCUT2D eigenvalue weighted by atomic mass is 9.87. The van der Waals surface area contributed by atoms with Crippen molar-refractivity contribution >= 4 is 17.0 Å². The molecule has 0 aromatic carbocycles. The molecule has 4 aromatic heterocycles. The monoisotopic (exact) mass is 539 g/mol. The van der Waals surface area contributed by atoms with Gasteiger partial charge in [0.15, 0.2) is 0 Å². The SMILES string of the molecule is COc1ccc(CN2C3CC2CN(c2cnc(-c4cc(N5CCC(C)(F)C5)cn5ncc(C#N)c45)cn2)C3)cn1. The number of ether oxygens (including phenoxy) is 1. The maximum atomic E-state index is 14.6. The number of hydrogen-bond donors (Lipinski definition) is 0. The maximum absolute atomic E-state index is 14.6. The zero-order valence-corrected chi connectivity index (χ0v) is 22.5. The molecule has 0 saturated carbocycles. The van der Waals surface area contributed by atoms with Gasteiger partial charge in [-0.3, -0.25) is 9.88 Å². The first-order valence-corrected chi connectivity index (χ1v) is 13.6. The average Bonchev–Trinajstić information content (AvgIpc) is 3.58. The quantitative estimate of drug-likeness (QED) is 0.365. The second-order valence-electron chi connectivity index (χ2n) is 11.2. The lowest BCUT2D eigenvalue weighted by molar-refractivity contribution is -0.00879. The van der Waals surface area contributed by atoms with Crippen LogP contribution in [0.25, 0.3) is 16.8 Å². The Hall–Kier alpha value is -4.30. The molecule has 204 valence electrons. The third kappa shape index (κ3) is 4.29. The molecule has 4 fully saturated rings. The van der Waals surface area contributed by atoms with E-state index in [1.165, 1.54) is 12.0 Å². The summed E-state index contributed by atoms with van der Waals surface area (Å²) in [4.78, 5) is 20.8. The minimum atomic E-state index is -1.23. The largest absolute Gasteiger partial charge is 0.481 e. The predicted octanol–water partition coefficient (Wildman–Crippen LogP) is 3.47. The minimum absolute atomic E-state index is 0.318. The number of halogens is 1. The van der Waals surface area contributed by atoms with Crippen LogP contribution >= 0.6 is 0 Å². The van der Waals surface area contributed by atoms with Gasteiger partial charge < -0.3 is 14.5 Å². The Morgan fingerprint density at radius 3 is 2.60 bits per heavy atom. The normalized spacial score (nSPS) is 24.2. The smallest absolute Gasteiger partial charge is 0.212 e. The van der Waals surface area contributed by atoms with Gasteiger partial charge in [-0.25, -0.2) is 18.9 Å². The Labute approximate surface area is 231 Å². The van der Waals surface area contributed by atoms with Crippen molar-refractivity contribution in [1.29, 1.82) is 5.26 Å². The number of nitriles is 1. The number of piperazine rings is 1. The Morgan fingerprint density at radius 2 is 1.95 bits per heavy atom. The van der Waals surface area contributed by atoms with E-state index in [1.54, 1.807) is 30.9 Å². The van der Waals surface area contributed by atoms with Crippen LogP contribution in [0.4, 0.5) is 15.9 Å². The highest BCUT2D eigenvalue weighted by Gasteiger charge is 2.44. The molecule has 40 heavy (non-hydrogen) atoms. The summed E-state index contributed by atoms with van der Waals surface area (Å²) in [5, 5.41) is 14.1. The van der Waals surface area contributed by atoms with Gasteiger partial charge in [-0.2, -0.15) is 10.4 Å². The molecular weight excluding hydrogens is 509 g/mol. The molecule has 4 saturated heterocycles. The molecule has 3 atom stereocenters. The summed E-state index contributed by atoms with van der Waals surface area (Å²) in [5.41, 5.74) is 3.37. The van der Waals surface area contributed by atoms with E-state index in [1.807, 2.05) is 35.6 Å². The van der Waals surface area contributed by atoms with Gasteiger partial charge in [0.1, 0.15) is 17.6 Å². The van der Waals surface area contributed by atoms with Gasteiger partial charge in [0.25, 0.3) is 0 Å². The summed E-state index contributed by atoms with van der Waals surface area (Å²) in [6.07, 6.45) is 10.6. The van der Waals surface area contributed by atoms with Crippen LogP contribution in [-0.4, -0.2) is 80.5 Å².